The fraction of sp³-hybridized carbons (Fsp3) is 0.889. The molecule has 1 aliphatic rings. The summed E-state index contributed by atoms with van der Waals surface area (Å²) in [6.07, 6.45) is 15.8. The lowest BCUT2D eigenvalue weighted by atomic mass is 9.87. The van der Waals surface area contributed by atoms with Crippen molar-refractivity contribution in [1.29, 1.82) is 0 Å². The Morgan fingerprint density at radius 2 is 1.67 bits per heavy atom. The Morgan fingerprint density at radius 3 is 2.33 bits per heavy atom. The lowest BCUT2D eigenvalue weighted by Crippen LogP contribution is -2.24. The number of ketones is 1. The van der Waals surface area contributed by atoms with Gasteiger partial charge in [0, 0.05) is 5.92 Å². The summed E-state index contributed by atoms with van der Waals surface area (Å²) in [5.41, 5.74) is 0.427. The third kappa shape index (κ3) is 7.63. The normalized spacial score (nSPS) is 24.5. The van der Waals surface area contributed by atoms with Crippen molar-refractivity contribution in [3.63, 3.8) is 0 Å². The van der Waals surface area contributed by atoms with E-state index >= 15 is 0 Å². The molecule has 0 aromatic heterocycles. The average molecular weight is 295 g/mol. The van der Waals surface area contributed by atoms with Crippen molar-refractivity contribution >= 4 is 11.5 Å². The van der Waals surface area contributed by atoms with Crippen LogP contribution in [0.1, 0.15) is 96.8 Å². The van der Waals surface area contributed by atoms with Crippen LogP contribution in [0.25, 0.3) is 0 Å². The molecular formula is C18H33NO2. The van der Waals surface area contributed by atoms with Crippen LogP contribution in [0.3, 0.4) is 0 Å². The van der Waals surface area contributed by atoms with Crippen LogP contribution in [-0.4, -0.2) is 16.7 Å². The predicted molar refractivity (Wildman–Crippen MR) is 88.0 cm³/mol. The monoisotopic (exact) mass is 295 g/mol. The van der Waals surface area contributed by atoms with Gasteiger partial charge in [-0.25, -0.2) is 0 Å². The molecule has 0 heterocycles. The largest absolute Gasteiger partial charge is 0.411 e. The van der Waals surface area contributed by atoms with E-state index in [1.165, 1.54) is 44.9 Å². The van der Waals surface area contributed by atoms with Crippen LogP contribution in [0.15, 0.2) is 5.16 Å². The summed E-state index contributed by atoms with van der Waals surface area (Å²) in [5, 5.41) is 12.5. The quantitative estimate of drug-likeness (QED) is 0.414. The molecule has 1 unspecified atom stereocenters. The van der Waals surface area contributed by atoms with E-state index in [-0.39, 0.29) is 11.7 Å². The van der Waals surface area contributed by atoms with Crippen LogP contribution < -0.4 is 0 Å². The summed E-state index contributed by atoms with van der Waals surface area (Å²) >= 11 is 0. The fourth-order valence-corrected chi connectivity index (χ4v) is 3.25. The van der Waals surface area contributed by atoms with E-state index in [1.54, 1.807) is 0 Å². The number of Topliss-reactive ketones (excluding diaryl/α,β-unsaturated/α-hetero) is 1. The smallest absolute Gasteiger partial charge is 0.183 e. The van der Waals surface area contributed by atoms with Gasteiger partial charge in [0.2, 0.25) is 0 Å². The lowest BCUT2D eigenvalue weighted by Gasteiger charge is -2.17. The highest BCUT2D eigenvalue weighted by molar-refractivity contribution is 6.40. The van der Waals surface area contributed by atoms with Crippen molar-refractivity contribution in [2.24, 2.45) is 11.1 Å². The molecule has 122 valence electrons. The minimum Gasteiger partial charge on any atom is -0.411 e. The van der Waals surface area contributed by atoms with E-state index in [0.29, 0.717) is 12.1 Å². The molecule has 0 aromatic carbocycles. The highest BCUT2D eigenvalue weighted by atomic mass is 16.4. The maximum Gasteiger partial charge on any atom is 0.183 e. The molecule has 0 aliphatic heterocycles. The van der Waals surface area contributed by atoms with Crippen LogP contribution in [-0.2, 0) is 4.79 Å². The summed E-state index contributed by atoms with van der Waals surface area (Å²) in [4.78, 5) is 12.6. The molecule has 1 N–H and O–H groups in total. The van der Waals surface area contributed by atoms with Crippen molar-refractivity contribution in [3.05, 3.63) is 0 Å². The van der Waals surface area contributed by atoms with E-state index in [9.17, 15) is 4.79 Å². The first kappa shape index (κ1) is 18.2. The molecule has 3 heteroatoms. The molecule has 0 radical (unpaired) electrons. The maximum absolute atomic E-state index is 12.6. The summed E-state index contributed by atoms with van der Waals surface area (Å²) in [6, 6.07) is 0. The molecule has 0 aromatic rings. The van der Waals surface area contributed by atoms with Gasteiger partial charge < -0.3 is 5.21 Å². The summed E-state index contributed by atoms with van der Waals surface area (Å²) in [7, 11) is 0. The third-order valence-corrected chi connectivity index (χ3v) is 4.65. The predicted octanol–water partition coefficient (Wildman–Crippen LogP) is 5.50. The van der Waals surface area contributed by atoms with Crippen molar-refractivity contribution < 1.29 is 10.0 Å². The zero-order valence-electron chi connectivity index (χ0n) is 13.8. The van der Waals surface area contributed by atoms with E-state index < -0.39 is 0 Å². The van der Waals surface area contributed by atoms with Crippen LogP contribution in [0, 0.1) is 5.92 Å². The molecule has 1 fully saturated rings. The van der Waals surface area contributed by atoms with Crippen LogP contribution >= 0.6 is 0 Å². The molecule has 0 bridgehead atoms. The topological polar surface area (TPSA) is 49.7 Å². The Hall–Kier alpha value is -0.860. The van der Waals surface area contributed by atoms with E-state index in [0.717, 1.165) is 38.5 Å². The number of rotatable bonds is 5. The second kappa shape index (κ2) is 11.8. The number of oxime groups is 1. The number of nitrogens with zero attached hydrogens (tertiary/aromatic N) is 1. The Labute approximate surface area is 130 Å². The van der Waals surface area contributed by atoms with Crippen LogP contribution in [0.2, 0.25) is 0 Å². The summed E-state index contributed by atoms with van der Waals surface area (Å²) in [6.45, 7) is 2.21. The second-order valence-electron chi connectivity index (χ2n) is 6.47. The molecule has 1 aliphatic carbocycles. The molecule has 0 amide bonds. The average Bonchev–Trinajstić information content (AvgIpc) is 2.49. The molecule has 1 saturated carbocycles. The molecule has 0 spiro atoms. The Bertz CT molecular complexity index is 310. The Balaban J connectivity index is 2.56. The van der Waals surface area contributed by atoms with Gasteiger partial charge in [0.1, 0.15) is 5.71 Å². The van der Waals surface area contributed by atoms with E-state index in [2.05, 4.69) is 12.1 Å². The van der Waals surface area contributed by atoms with Crippen molar-refractivity contribution in [2.45, 2.75) is 96.8 Å². The minimum atomic E-state index is 0.0900. The highest BCUT2D eigenvalue weighted by Gasteiger charge is 2.23. The number of hydrogen-bond donors (Lipinski definition) is 1. The molecule has 1 atom stereocenters. The zero-order chi connectivity index (χ0) is 15.3. The van der Waals surface area contributed by atoms with Gasteiger partial charge in [0.15, 0.2) is 5.78 Å². The van der Waals surface area contributed by atoms with Gasteiger partial charge in [-0.2, -0.15) is 0 Å². The second-order valence-corrected chi connectivity index (χ2v) is 6.47. The Morgan fingerprint density at radius 1 is 1.00 bits per heavy atom. The van der Waals surface area contributed by atoms with Crippen molar-refractivity contribution in [1.82, 2.24) is 0 Å². The van der Waals surface area contributed by atoms with Gasteiger partial charge in [-0.1, -0.05) is 76.3 Å². The van der Waals surface area contributed by atoms with Gasteiger partial charge in [0.05, 0.1) is 0 Å². The van der Waals surface area contributed by atoms with Gasteiger partial charge in [-0.05, 0) is 25.7 Å². The number of carbonyl (C=O) groups is 1. The first-order valence-corrected chi connectivity index (χ1v) is 9.04. The minimum absolute atomic E-state index is 0.0900. The maximum atomic E-state index is 12.6. The third-order valence-electron chi connectivity index (χ3n) is 4.65. The number of hydrogen-bond acceptors (Lipinski definition) is 3. The lowest BCUT2D eigenvalue weighted by molar-refractivity contribution is -0.117. The van der Waals surface area contributed by atoms with Gasteiger partial charge in [-0.3, -0.25) is 4.79 Å². The molecule has 21 heavy (non-hydrogen) atoms. The summed E-state index contributed by atoms with van der Waals surface area (Å²) < 4.78 is 0. The number of carbonyl (C=O) groups excluding carboxylic acids is 1. The Kier molecular flexibility index (Phi) is 10.2. The van der Waals surface area contributed by atoms with E-state index in [1.807, 2.05) is 0 Å². The SMILES string of the molecule is CCCCCCC1CCCCCCCCCC(=NO)C1=O. The van der Waals surface area contributed by atoms with E-state index in [4.69, 9.17) is 5.21 Å². The van der Waals surface area contributed by atoms with Gasteiger partial charge >= 0.3 is 0 Å². The van der Waals surface area contributed by atoms with Gasteiger partial charge in [-0.15, -0.1) is 0 Å². The first-order chi connectivity index (χ1) is 10.3. The first-order valence-electron chi connectivity index (χ1n) is 9.04. The molecule has 3 nitrogen and oxygen atoms in total. The van der Waals surface area contributed by atoms with Gasteiger partial charge in [0.25, 0.3) is 0 Å². The standard InChI is InChI=1S/C18H33NO2/c1-2-3-4-10-13-16-14-11-8-6-5-7-9-12-15-17(19-21)18(16)20/h16,21H,2-15H2,1H3. The molecular weight excluding hydrogens is 262 g/mol. The fourth-order valence-electron chi connectivity index (χ4n) is 3.25. The number of unbranched alkanes of at least 4 members (excludes halogenated alkanes) is 3. The summed E-state index contributed by atoms with van der Waals surface area (Å²) in [5.74, 6) is 0.210. The zero-order valence-corrected chi connectivity index (χ0v) is 13.8. The van der Waals surface area contributed by atoms with Crippen LogP contribution in [0.4, 0.5) is 0 Å². The highest BCUT2D eigenvalue weighted by Crippen LogP contribution is 2.22. The van der Waals surface area contributed by atoms with Crippen molar-refractivity contribution in [2.75, 3.05) is 0 Å². The van der Waals surface area contributed by atoms with Crippen LogP contribution in [0.5, 0.6) is 0 Å². The molecule has 1 rings (SSSR count). The molecule has 0 saturated heterocycles. The van der Waals surface area contributed by atoms with Crippen molar-refractivity contribution in [3.8, 4) is 0 Å².